The van der Waals surface area contributed by atoms with E-state index in [2.05, 4.69) is 34.2 Å². The van der Waals surface area contributed by atoms with E-state index in [1.807, 2.05) is 35.2 Å². The van der Waals surface area contributed by atoms with Crippen LogP contribution in [0.1, 0.15) is 18.1 Å². The second kappa shape index (κ2) is 10.5. The quantitative estimate of drug-likeness (QED) is 0.726. The van der Waals surface area contributed by atoms with Gasteiger partial charge in [-0.3, -0.25) is 19.5 Å². The molecule has 0 aliphatic carbocycles. The van der Waals surface area contributed by atoms with Gasteiger partial charge in [0.15, 0.2) is 0 Å². The molecule has 0 N–H and O–H groups in total. The van der Waals surface area contributed by atoms with Crippen LogP contribution in [0.3, 0.4) is 0 Å². The Morgan fingerprint density at radius 1 is 1.07 bits per heavy atom. The first-order chi connectivity index (χ1) is 14.1. The van der Waals surface area contributed by atoms with Crippen molar-refractivity contribution in [2.45, 2.75) is 13.5 Å². The maximum Gasteiger partial charge on any atom is 0.242 e. The predicted octanol–water partition coefficient (Wildman–Crippen LogP) is 2.29. The highest BCUT2D eigenvalue weighted by Gasteiger charge is 2.23. The molecule has 6 nitrogen and oxygen atoms in total. The Morgan fingerprint density at radius 2 is 1.83 bits per heavy atom. The minimum Gasteiger partial charge on any atom is -0.339 e. The molecule has 1 aliphatic heterocycles. The van der Waals surface area contributed by atoms with Crippen LogP contribution in [0.4, 0.5) is 0 Å². The van der Waals surface area contributed by atoms with Crippen LogP contribution in [-0.4, -0.2) is 70.8 Å². The van der Waals surface area contributed by atoms with E-state index in [1.165, 1.54) is 12.5 Å². The van der Waals surface area contributed by atoms with Crippen LogP contribution in [0, 0.1) is 0 Å². The van der Waals surface area contributed by atoms with Gasteiger partial charge in [0.25, 0.3) is 0 Å². The van der Waals surface area contributed by atoms with Gasteiger partial charge in [-0.2, -0.15) is 0 Å². The number of pyridine rings is 1. The molecule has 6 heteroatoms. The van der Waals surface area contributed by atoms with E-state index in [9.17, 15) is 9.59 Å². The van der Waals surface area contributed by atoms with Crippen molar-refractivity contribution in [2.24, 2.45) is 0 Å². The van der Waals surface area contributed by atoms with Gasteiger partial charge in [-0.05, 0) is 17.2 Å². The summed E-state index contributed by atoms with van der Waals surface area (Å²) in [5.41, 5.74) is 2.12. The number of amides is 2. The second-order valence-corrected chi connectivity index (χ2v) is 7.23. The van der Waals surface area contributed by atoms with Crippen LogP contribution >= 0.6 is 0 Å². The lowest BCUT2D eigenvalue weighted by atomic mass is 10.2. The summed E-state index contributed by atoms with van der Waals surface area (Å²) in [5.74, 6) is -0.101. The predicted molar refractivity (Wildman–Crippen MR) is 114 cm³/mol. The van der Waals surface area contributed by atoms with Crippen molar-refractivity contribution in [1.29, 1.82) is 0 Å². The summed E-state index contributed by atoms with van der Waals surface area (Å²) in [6, 6.07) is 14.0. The van der Waals surface area contributed by atoms with E-state index in [0.29, 0.717) is 19.6 Å². The number of carbonyl (C=O) groups is 2. The SMILES string of the molecule is CC(=O)N(CC(=O)N1CCN(C/C=C/c2ccccc2)CC1)Cc1cccnc1. The summed E-state index contributed by atoms with van der Waals surface area (Å²) in [7, 11) is 0. The van der Waals surface area contributed by atoms with Gasteiger partial charge in [0.05, 0.1) is 0 Å². The summed E-state index contributed by atoms with van der Waals surface area (Å²) < 4.78 is 0. The van der Waals surface area contributed by atoms with E-state index >= 15 is 0 Å². The second-order valence-electron chi connectivity index (χ2n) is 7.23. The van der Waals surface area contributed by atoms with Gasteiger partial charge in [-0.25, -0.2) is 0 Å². The Labute approximate surface area is 172 Å². The number of nitrogens with zero attached hydrogens (tertiary/aromatic N) is 4. The van der Waals surface area contributed by atoms with E-state index in [0.717, 1.165) is 25.2 Å². The van der Waals surface area contributed by atoms with Crippen LogP contribution in [0.25, 0.3) is 6.08 Å². The first-order valence-electron chi connectivity index (χ1n) is 9.98. The summed E-state index contributed by atoms with van der Waals surface area (Å²) in [5, 5.41) is 0. The molecular weight excluding hydrogens is 364 g/mol. The molecule has 2 aromatic rings. The molecule has 152 valence electrons. The van der Waals surface area contributed by atoms with Gasteiger partial charge in [-0.15, -0.1) is 0 Å². The third kappa shape index (κ3) is 6.54. The molecule has 1 aliphatic rings. The van der Waals surface area contributed by atoms with E-state index < -0.39 is 0 Å². The average molecular weight is 393 g/mol. The maximum absolute atomic E-state index is 12.7. The molecule has 0 atom stereocenters. The van der Waals surface area contributed by atoms with Crippen LogP contribution in [-0.2, 0) is 16.1 Å². The fourth-order valence-electron chi connectivity index (χ4n) is 3.34. The van der Waals surface area contributed by atoms with Crippen molar-refractivity contribution >= 4 is 17.9 Å². The summed E-state index contributed by atoms with van der Waals surface area (Å²) >= 11 is 0. The van der Waals surface area contributed by atoms with Crippen LogP contribution in [0.5, 0.6) is 0 Å². The highest BCUT2D eigenvalue weighted by Crippen LogP contribution is 2.08. The Kier molecular flexibility index (Phi) is 7.53. The van der Waals surface area contributed by atoms with Crippen molar-refractivity contribution in [2.75, 3.05) is 39.3 Å². The fourth-order valence-corrected chi connectivity index (χ4v) is 3.34. The molecule has 0 saturated carbocycles. The lowest BCUT2D eigenvalue weighted by molar-refractivity contribution is -0.140. The molecule has 0 radical (unpaired) electrons. The lowest BCUT2D eigenvalue weighted by Gasteiger charge is -2.35. The van der Waals surface area contributed by atoms with Crippen LogP contribution in [0.2, 0.25) is 0 Å². The van der Waals surface area contributed by atoms with E-state index in [4.69, 9.17) is 0 Å². The molecule has 3 rings (SSSR count). The first-order valence-corrected chi connectivity index (χ1v) is 9.98. The third-order valence-corrected chi connectivity index (χ3v) is 5.07. The normalized spacial score (nSPS) is 14.9. The zero-order valence-electron chi connectivity index (χ0n) is 16.9. The highest BCUT2D eigenvalue weighted by molar-refractivity contribution is 5.84. The number of rotatable bonds is 7. The summed E-state index contributed by atoms with van der Waals surface area (Å²) in [6.07, 6.45) is 7.71. The van der Waals surface area contributed by atoms with Crippen molar-refractivity contribution in [3.8, 4) is 0 Å². The van der Waals surface area contributed by atoms with Crippen molar-refractivity contribution in [3.63, 3.8) is 0 Å². The molecule has 1 aromatic heterocycles. The molecule has 0 unspecified atom stereocenters. The minimum absolute atomic E-state index is 0.00330. The molecule has 2 amide bonds. The zero-order valence-corrected chi connectivity index (χ0v) is 16.9. The Bertz CT molecular complexity index is 815. The number of hydrogen-bond acceptors (Lipinski definition) is 4. The average Bonchev–Trinajstić information content (AvgIpc) is 2.75. The minimum atomic E-state index is -0.105. The topological polar surface area (TPSA) is 56.8 Å². The van der Waals surface area contributed by atoms with Crippen molar-refractivity contribution in [1.82, 2.24) is 19.7 Å². The van der Waals surface area contributed by atoms with Crippen LogP contribution < -0.4 is 0 Å². The molecule has 0 spiro atoms. The van der Waals surface area contributed by atoms with Crippen molar-refractivity contribution < 1.29 is 9.59 Å². The van der Waals surface area contributed by atoms with Gasteiger partial charge < -0.3 is 9.80 Å². The number of hydrogen-bond donors (Lipinski definition) is 0. The molecule has 1 aromatic carbocycles. The summed E-state index contributed by atoms with van der Waals surface area (Å²) in [6.45, 7) is 5.95. The van der Waals surface area contributed by atoms with Gasteiger partial charge >= 0.3 is 0 Å². The largest absolute Gasteiger partial charge is 0.339 e. The third-order valence-electron chi connectivity index (χ3n) is 5.07. The van der Waals surface area contributed by atoms with Gasteiger partial charge in [0.2, 0.25) is 11.8 Å². The van der Waals surface area contributed by atoms with Gasteiger partial charge in [0.1, 0.15) is 6.54 Å². The van der Waals surface area contributed by atoms with Gasteiger partial charge in [0, 0.05) is 58.6 Å². The highest BCUT2D eigenvalue weighted by atomic mass is 16.2. The number of carbonyl (C=O) groups excluding carboxylic acids is 2. The summed E-state index contributed by atoms with van der Waals surface area (Å²) in [4.78, 5) is 34.5. The molecule has 1 fully saturated rings. The molecular formula is C23H28N4O2. The van der Waals surface area contributed by atoms with E-state index in [1.54, 1.807) is 17.3 Å². The zero-order chi connectivity index (χ0) is 20.5. The molecule has 1 saturated heterocycles. The molecule has 0 bridgehead atoms. The standard InChI is InChI=1S/C23H28N4O2/c1-20(28)27(18-22-9-5-11-24-17-22)19-23(29)26-15-13-25(14-16-26)12-6-10-21-7-3-2-4-8-21/h2-11,17H,12-16,18-19H2,1H3/b10-6+. The molecule has 29 heavy (non-hydrogen) atoms. The Hall–Kier alpha value is -2.99. The number of piperazine rings is 1. The maximum atomic E-state index is 12.7. The van der Waals surface area contributed by atoms with Crippen LogP contribution in [0.15, 0.2) is 60.9 Å². The van der Waals surface area contributed by atoms with E-state index in [-0.39, 0.29) is 18.4 Å². The fraction of sp³-hybridized carbons (Fsp3) is 0.348. The van der Waals surface area contributed by atoms with Gasteiger partial charge in [-0.1, -0.05) is 48.6 Å². The molecule has 2 heterocycles. The smallest absolute Gasteiger partial charge is 0.242 e. The Morgan fingerprint density at radius 3 is 2.48 bits per heavy atom. The Balaban J connectivity index is 1.45. The lowest BCUT2D eigenvalue weighted by Crippen LogP contribution is -2.51. The monoisotopic (exact) mass is 392 g/mol. The van der Waals surface area contributed by atoms with Crippen molar-refractivity contribution in [3.05, 3.63) is 72.1 Å². The number of aromatic nitrogens is 1. The number of benzene rings is 1. The first kappa shape index (κ1) is 20.7.